The van der Waals surface area contributed by atoms with Gasteiger partial charge in [0.2, 0.25) is 0 Å². The predicted molar refractivity (Wildman–Crippen MR) is 49.4 cm³/mol. The first-order chi connectivity index (χ1) is 5.43. The van der Waals surface area contributed by atoms with Gasteiger partial charge in [0.1, 0.15) is 0 Å². The molecule has 0 atom stereocenters. The van der Waals surface area contributed by atoms with Gasteiger partial charge in [-0.1, -0.05) is 30.3 Å². The second-order valence-electron chi connectivity index (χ2n) is 2.20. The van der Waals surface area contributed by atoms with Crippen molar-refractivity contribution in [1.82, 2.24) is 0 Å². The van der Waals surface area contributed by atoms with Gasteiger partial charge in [0.15, 0.2) is 0 Å². The summed E-state index contributed by atoms with van der Waals surface area (Å²) in [4.78, 5) is 9.77. The number of halogens is 1. The Balaban J connectivity index is 0.00000121. The lowest BCUT2D eigenvalue weighted by atomic mass is 10.2. The monoisotopic (exact) mass is 186 g/mol. The van der Waals surface area contributed by atoms with E-state index in [9.17, 15) is 4.79 Å². The molecule has 0 aliphatic carbocycles. The summed E-state index contributed by atoms with van der Waals surface area (Å²) in [5.74, 6) is 0. The minimum absolute atomic E-state index is 0. The van der Waals surface area contributed by atoms with E-state index in [0.29, 0.717) is 13.1 Å². The van der Waals surface area contributed by atoms with E-state index in [1.807, 2.05) is 30.3 Å². The highest BCUT2D eigenvalue weighted by molar-refractivity contribution is 5.85. The molecule has 0 heterocycles. The molecule has 0 amide bonds. The van der Waals surface area contributed by atoms with Gasteiger partial charge in [0, 0.05) is 6.42 Å². The van der Waals surface area contributed by atoms with Crippen molar-refractivity contribution in [2.45, 2.75) is 6.42 Å². The van der Waals surface area contributed by atoms with Crippen LogP contribution in [-0.2, 0) is 16.0 Å². The summed E-state index contributed by atoms with van der Waals surface area (Å²) in [5.41, 5.74) is 1.19. The van der Waals surface area contributed by atoms with Gasteiger partial charge in [0.25, 0.3) is 6.47 Å². The minimum Gasteiger partial charge on any atom is -0.468 e. The Morgan fingerprint density at radius 2 is 1.92 bits per heavy atom. The molecule has 1 aromatic carbocycles. The van der Waals surface area contributed by atoms with Gasteiger partial charge in [0.05, 0.1) is 6.61 Å². The van der Waals surface area contributed by atoms with E-state index in [2.05, 4.69) is 4.74 Å². The first-order valence-corrected chi connectivity index (χ1v) is 3.52. The summed E-state index contributed by atoms with van der Waals surface area (Å²) in [6.45, 7) is 0.941. The van der Waals surface area contributed by atoms with Crippen LogP contribution in [0.1, 0.15) is 5.56 Å². The van der Waals surface area contributed by atoms with E-state index in [4.69, 9.17) is 0 Å². The van der Waals surface area contributed by atoms with E-state index in [0.717, 1.165) is 6.42 Å². The van der Waals surface area contributed by atoms with Crippen LogP contribution in [0, 0.1) is 0 Å². The Labute approximate surface area is 78.0 Å². The number of hydrogen-bond donors (Lipinski definition) is 0. The third-order valence-electron chi connectivity index (χ3n) is 1.42. The molecular formula is C9H11ClO2. The zero-order chi connectivity index (χ0) is 7.94. The number of benzene rings is 1. The van der Waals surface area contributed by atoms with Crippen molar-refractivity contribution in [3.05, 3.63) is 35.9 Å². The van der Waals surface area contributed by atoms with Crippen molar-refractivity contribution in [3.63, 3.8) is 0 Å². The molecule has 12 heavy (non-hydrogen) atoms. The van der Waals surface area contributed by atoms with Crippen LogP contribution >= 0.6 is 12.4 Å². The highest BCUT2D eigenvalue weighted by Crippen LogP contribution is 1.98. The maximum atomic E-state index is 9.77. The van der Waals surface area contributed by atoms with E-state index >= 15 is 0 Å². The van der Waals surface area contributed by atoms with Crippen LogP contribution < -0.4 is 0 Å². The fourth-order valence-corrected chi connectivity index (χ4v) is 0.870. The van der Waals surface area contributed by atoms with E-state index in [1.54, 1.807) is 0 Å². The van der Waals surface area contributed by atoms with Gasteiger partial charge in [-0.15, -0.1) is 12.4 Å². The fourth-order valence-electron chi connectivity index (χ4n) is 0.870. The quantitative estimate of drug-likeness (QED) is 0.530. The Morgan fingerprint density at radius 1 is 1.25 bits per heavy atom. The smallest absolute Gasteiger partial charge is 0.293 e. The molecule has 0 bridgehead atoms. The van der Waals surface area contributed by atoms with Crippen molar-refractivity contribution in [2.75, 3.05) is 6.61 Å². The lowest BCUT2D eigenvalue weighted by molar-refractivity contribution is -0.128. The summed E-state index contributed by atoms with van der Waals surface area (Å²) in [7, 11) is 0. The first kappa shape index (κ1) is 11.0. The average Bonchev–Trinajstić information content (AvgIpc) is 2.07. The fraction of sp³-hybridized carbons (Fsp3) is 0.222. The van der Waals surface area contributed by atoms with Crippen LogP contribution in [-0.4, -0.2) is 13.1 Å². The number of carbonyl (C=O) groups excluding carboxylic acids is 1. The molecule has 0 N–H and O–H groups in total. The molecular weight excluding hydrogens is 176 g/mol. The number of carbonyl (C=O) groups is 1. The van der Waals surface area contributed by atoms with Crippen molar-refractivity contribution >= 4 is 18.9 Å². The lowest BCUT2D eigenvalue weighted by Crippen LogP contribution is -1.95. The molecule has 1 aromatic rings. The van der Waals surface area contributed by atoms with Crippen molar-refractivity contribution in [2.24, 2.45) is 0 Å². The molecule has 0 aliphatic rings. The largest absolute Gasteiger partial charge is 0.468 e. The van der Waals surface area contributed by atoms with Crippen LogP contribution in [0.25, 0.3) is 0 Å². The maximum absolute atomic E-state index is 9.77. The molecule has 0 saturated carbocycles. The van der Waals surface area contributed by atoms with Crippen molar-refractivity contribution in [3.8, 4) is 0 Å². The number of hydrogen-bond acceptors (Lipinski definition) is 2. The Hall–Kier alpha value is -1.02. The van der Waals surface area contributed by atoms with Gasteiger partial charge < -0.3 is 4.74 Å². The average molecular weight is 187 g/mol. The van der Waals surface area contributed by atoms with Crippen LogP contribution in [0.3, 0.4) is 0 Å². The third-order valence-corrected chi connectivity index (χ3v) is 1.42. The van der Waals surface area contributed by atoms with Crippen molar-refractivity contribution < 1.29 is 9.53 Å². The molecule has 0 spiro atoms. The summed E-state index contributed by atoms with van der Waals surface area (Å²) < 4.78 is 4.56. The minimum atomic E-state index is 0. The number of ether oxygens (including phenoxy) is 1. The molecule has 1 rings (SSSR count). The molecule has 0 radical (unpaired) electrons. The molecule has 0 aliphatic heterocycles. The van der Waals surface area contributed by atoms with Gasteiger partial charge in [-0.2, -0.15) is 0 Å². The van der Waals surface area contributed by atoms with Gasteiger partial charge in [-0.05, 0) is 5.56 Å². The molecule has 0 aromatic heterocycles. The van der Waals surface area contributed by atoms with E-state index in [-0.39, 0.29) is 12.4 Å². The highest BCUT2D eigenvalue weighted by atomic mass is 35.5. The molecule has 0 saturated heterocycles. The molecule has 2 nitrogen and oxygen atoms in total. The summed E-state index contributed by atoms with van der Waals surface area (Å²) >= 11 is 0. The summed E-state index contributed by atoms with van der Waals surface area (Å²) in [6, 6.07) is 9.92. The molecule has 66 valence electrons. The number of rotatable bonds is 4. The van der Waals surface area contributed by atoms with Crippen LogP contribution in [0.4, 0.5) is 0 Å². The molecule has 0 fully saturated rings. The molecule has 0 unspecified atom stereocenters. The van der Waals surface area contributed by atoms with Gasteiger partial charge in [-0.3, -0.25) is 4.79 Å². The van der Waals surface area contributed by atoms with Crippen LogP contribution in [0.15, 0.2) is 30.3 Å². The zero-order valence-corrected chi connectivity index (χ0v) is 7.42. The zero-order valence-electron chi connectivity index (χ0n) is 6.60. The van der Waals surface area contributed by atoms with E-state index in [1.165, 1.54) is 5.56 Å². The highest BCUT2D eigenvalue weighted by Gasteiger charge is 1.89. The first-order valence-electron chi connectivity index (χ1n) is 3.52. The second kappa shape index (κ2) is 6.68. The van der Waals surface area contributed by atoms with Crippen molar-refractivity contribution in [1.29, 1.82) is 0 Å². The normalized spacial score (nSPS) is 8.33. The third kappa shape index (κ3) is 3.98. The summed E-state index contributed by atoms with van der Waals surface area (Å²) in [6.07, 6.45) is 0.791. The van der Waals surface area contributed by atoms with Gasteiger partial charge >= 0.3 is 0 Å². The van der Waals surface area contributed by atoms with Crippen LogP contribution in [0.2, 0.25) is 0 Å². The van der Waals surface area contributed by atoms with Crippen LogP contribution in [0.5, 0.6) is 0 Å². The standard InChI is InChI=1S/C9H10O2.ClH/c10-8-11-7-6-9-4-2-1-3-5-9;/h1-5,8H,6-7H2;1H. The maximum Gasteiger partial charge on any atom is 0.293 e. The second-order valence-corrected chi connectivity index (χ2v) is 2.20. The van der Waals surface area contributed by atoms with E-state index < -0.39 is 0 Å². The Kier molecular flexibility index (Phi) is 6.11. The SMILES string of the molecule is Cl.O=COCCc1ccccc1. The molecule has 3 heteroatoms. The van der Waals surface area contributed by atoms with Gasteiger partial charge in [-0.25, -0.2) is 0 Å². The Morgan fingerprint density at radius 3 is 2.50 bits per heavy atom. The Bertz CT molecular complexity index is 211. The lowest BCUT2D eigenvalue weighted by Gasteiger charge is -1.97. The topological polar surface area (TPSA) is 26.3 Å². The summed E-state index contributed by atoms with van der Waals surface area (Å²) in [5, 5.41) is 0. The predicted octanol–water partition coefficient (Wildman–Crippen LogP) is 1.82.